The van der Waals surface area contributed by atoms with E-state index in [1.54, 1.807) is 26.0 Å². The molecule has 0 fully saturated rings. The first-order valence-electron chi connectivity index (χ1n) is 10.6. The molecule has 0 aliphatic carbocycles. The van der Waals surface area contributed by atoms with Gasteiger partial charge in [-0.3, -0.25) is 14.4 Å². The Labute approximate surface area is 226 Å². The molecule has 3 rings (SSSR count). The SMILES string of the molecule is CC1=CC(=O)C(NC(=O)N[C@@H](CC(=O)O)c2ccc(F)c(-c3ccccc3C)c2C)C(=O)N1C.[H-].[Na+]. The van der Waals surface area contributed by atoms with Gasteiger partial charge in [0.15, 0.2) is 11.8 Å². The van der Waals surface area contributed by atoms with Crippen LogP contribution in [-0.4, -0.2) is 46.8 Å². The summed E-state index contributed by atoms with van der Waals surface area (Å²) in [4.78, 5) is 50.2. The number of nitrogens with one attached hydrogen (secondary N) is 2. The second-order valence-corrected chi connectivity index (χ2v) is 8.24. The summed E-state index contributed by atoms with van der Waals surface area (Å²) in [7, 11) is 1.48. The smallest absolute Gasteiger partial charge is 1.00 e. The number of carboxylic acids is 1. The molecule has 0 saturated heterocycles. The fourth-order valence-electron chi connectivity index (χ4n) is 4.01. The van der Waals surface area contributed by atoms with Crippen molar-refractivity contribution in [3.8, 4) is 11.1 Å². The predicted octanol–water partition coefficient (Wildman–Crippen LogP) is 0.355. The number of likely N-dealkylation sites (N-methyl/N-ethyl adjacent to an activating group) is 1. The van der Waals surface area contributed by atoms with Gasteiger partial charge < -0.3 is 22.1 Å². The molecule has 180 valence electrons. The van der Waals surface area contributed by atoms with Crippen LogP contribution < -0.4 is 40.2 Å². The van der Waals surface area contributed by atoms with Gasteiger partial charge in [-0.2, -0.15) is 0 Å². The van der Waals surface area contributed by atoms with Crippen LogP contribution in [0.15, 0.2) is 48.2 Å². The number of urea groups is 1. The van der Waals surface area contributed by atoms with Crippen LogP contribution in [0.5, 0.6) is 0 Å². The van der Waals surface area contributed by atoms with Crippen molar-refractivity contribution in [2.75, 3.05) is 7.05 Å². The molecule has 1 aliphatic rings. The zero-order valence-electron chi connectivity index (χ0n) is 21.3. The molecule has 8 nitrogen and oxygen atoms in total. The molecule has 2 atom stereocenters. The number of allylic oxidation sites excluding steroid dienone is 1. The molecule has 3 amide bonds. The van der Waals surface area contributed by atoms with E-state index >= 15 is 0 Å². The largest absolute Gasteiger partial charge is 1.00 e. The summed E-state index contributed by atoms with van der Waals surface area (Å²) in [6.07, 6.45) is 0.762. The van der Waals surface area contributed by atoms with E-state index in [1.807, 2.05) is 19.1 Å². The molecule has 1 aliphatic heterocycles. The summed E-state index contributed by atoms with van der Waals surface area (Å²) in [6.45, 7) is 5.09. The van der Waals surface area contributed by atoms with Gasteiger partial charge in [0.1, 0.15) is 5.82 Å². The molecule has 10 heteroatoms. The Morgan fingerprint density at radius 2 is 1.80 bits per heavy atom. The van der Waals surface area contributed by atoms with Crippen LogP contribution in [0.3, 0.4) is 0 Å². The Morgan fingerprint density at radius 3 is 2.43 bits per heavy atom. The summed E-state index contributed by atoms with van der Waals surface area (Å²) < 4.78 is 14.8. The standard InChI is InChI=1S/C25H26FN3O5.Na.H/c1-13-7-5-6-8-16(13)22-15(3)17(9-10-18(22)26)19(12-21(31)32)27-25(34)28-23-20(30)11-14(2)29(4)24(23)33;;/h5-11,19,23H,12H2,1-4H3,(H,31,32)(H2,27,28,34);;/q;+1;-1/t19-,23?;;/m0../s1. The number of benzene rings is 2. The van der Waals surface area contributed by atoms with Gasteiger partial charge in [-0.05, 0) is 49.1 Å². The molecule has 35 heavy (non-hydrogen) atoms. The first-order valence-corrected chi connectivity index (χ1v) is 10.6. The van der Waals surface area contributed by atoms with Crippen LogP contribution in [0, 0.1) is 19.7 Å². The van der Waals surface area contributed by atoms with Crippen molar-refractivity contribution < 1.29 is 59.7 Å². The molecule has 3 N–H and O–H groups in total. The van der Waals surface area contributed by atoms with Gasteiger partial charge in [0.2, 0.25) is 0 Å². The summed E-state index contributed by atoms with van der Waals surface area (Å²) in [5.41, 5.74) is 3.14. The van der Waals surface area contributed by atoms with Crippen molar-refractivity contribution in [2.45, 2.75) is 39.3 Å². The van der Waals surface area contributed by atoms with Crippen LogP contribution in [0.4, 0.5) is 9.18 Å². The Kier molecular flexibility index (Phi) is 9.37. The van der Waals surface area contributed by atoms with E-state index < -0.39 is 48.0 Å². The third-order valence-electron chi connectivity index (χ3n) is 5.95. The molecule has 1 unspecified atom stereocenters. The molecule has 0 bridgehead atoms. The van der Waals surface area contributed by atoms with Crippen molar-refractivity contribution >= 4 is 23.7 Å². The van der Waals surface area contributed by atoms with Gasteiger partial charge >= 0.3 is 41.6 Å². The summed E-state index contributed by atoms with van der Waals surface area (Å²) in [5.74, 6) is -2.84. The van der Waals surface area contributed by atoms with E-state index in [0.717, 1.165) is 5.56 Å². The minimum absolute atomic E-state index is 0. The second-order valence-electron chi connectivity index (χ2n) is 8.24. The van der Waals surface area contributed by atoms with E-state index in [1.165, 1.54) is 30.2 Å². The molecule has 2 aromatic rings. The Bertz CT molecular complexity index is 1220. The number of halogens is 1. The van der Waals surface area contributed by atoms with E-state index in [2.05, 4.69) is 10.6 Å². The zero-order chi connectivity index (χ0) is 25.2. The van der Waals surface area contributed by atoms with E-state index in [-0.39, 0.29) is 31.0 Å². The number of ketones is 1. The second kappa shape index (κ2) is 11.6. The quantitative estimate of drug-likeness (QED) is 0.399. The van der Waals surface area contributed by atoms with Crippen molar-refractivity contribution in [1.82, 2.24) is 15.5 Å². The fraction of sp³-hybridized carbons (Fsp3) is 0.280. The van der Waals surface area contributed by atoms with Crippen molar-refractivity contribution in [3.63, 3.8) is 0 Å². The van der Waals surface area contributed by atoms with Gasteiger partial charge in [0.25, 0.3) is 5.91 Å². The molecule has 0 radical (unpaired) electrons. The molecular formula is C25H27FN3NaO5. The monoisotopic (exact) mass is 491 g/mol. The van der Waals surface area contributed by atoms with Crippen LogP contribution in [-0.2, 0) is 14.4 Å². The first-order chi connectivity index (χ1) is 16.0. The topological polar surface area (TPSA) is 116 Å². The minimum Gasteiger partial charge on any atom is -1.00 e. The van der Waals surface area contributed by atoms with Crippen LogP contribution in [0.25, 0.3) is 11.1 Å². The number of hydrogen-bond acceptors (Lipinski definition) is 4. The van der Waals surface area contributed by atoms with Crippen molar-refractivity contribution in [2.24, 2.45) is 0 Å². The van der Waals surface area contributed by atoms with Crippen molar-refractivity contribution in [3.05, 3.63) is 70.7 Å². The molecule has 0 saturated carbocycles. The minimum atomic E-state index is -1.42. The fourth-order valence-corrected chi connectivity index (χ4v) is 4.01. The maximum Gasteiger partial charge on any atom is 1.00 e. The van der Waals surface area contributed by atoms with Gasteiger partial charge in [0, 0.05) is 24.4 Å². The van der Waals surface area contributed by atoms with Gasteiger partial charge in [-0.1, -0.05) is 30.3 Å². The number of carboxylic acid groups (broad SMARTS) is 1. The maximum absolute atomic E-state index is 14.8. The van der Waals surface area contributed by atoms with E-state index in [0.29, 0.717) is 28.0 Å². The third-order valence-corrected chi connectivity index (χ3v) is 5.95. The van der Waals surface area contributed by atoms with Crippen LogP contribution >= 0.6 is 0 Å². The van der Waals surface area contributed by atoms with Gasteiger partial charge in [0.05, 0.1) is 12.5 Å². The number of rotatable bonds is 6. The number of aryl methyl sites for hydroxylation is 1. The number of aliphatic carboxylic acids is 1. The summed E-state index contributed by atoms with van der Waals surface area (Å²) >= 11 is 0. The predicted molar refractivity (Wildman–Crippen MR) is 124 cm³/mol. The molecule has 2 aromatic carbocycles. The van der Waals surface area contributed by atoms with E-state index in [4.69, 9.17) is 0 Å². The molecular weight excluding hydrogens is 464 g/mol. The van der Waals surface area contributed by atoms with E-state index in [9.17, 15) is 28.7 Å². The molecule has 1 heterocycles. The van der Waals surface area contributed by atoms with Gasteiger partial charge in [-0.15, -0.1) is 0 Å². The Hall–Kier alpha value is -3.01. The number of amides is 3. The number of carbonyl (C=O) groups excluding carboxylic acids is 3. The normalized spacial score (nSPS) is 16.2. The summed E-state index contributed by atoms with van der Waals surface area (Å²) in [6, 6.07) is 6.53. The number of carbonyl (C=O) groups is 4. The van der Waals surface area contributed by atoms with Crippen molar-refractivity contribution in [1.29, 1.82) is 0 Å². The summed E-state index contributed by atoms with van der Waals surface area (Å²) in [5, 5.41) is 14.3. The van der Waals surface area contributed by atoms with Crippen LogP contribution in [0.1, 0.15) is 37.5 Å². The first kappa shape index (κ1) is 28.2. The Balaban J connectivity index is 0.00000324. The Morgan fingerprint density at radius 1 is 1.14 bits per heavy atom. The molecule has 0 aromatic heterocycles. The number of hydrogen-bond donors (Lipinski definition) is 3. The average molecular weight is 491 g/mol. The van der Waals surface area contributed by atoms with Crippen LogP contribution in [0.2, 0.25) is 0 Å². The van der Waals surface area contributed by atoms with Gasteiger partial charge in [-0.25, -0.2) is 9.18 Å². The molecule has 0 spiro atoms. The third kappa shape index (κ3) is 6.17. The average Bonchev–Trinajstić information content (AvgIpc) is 2.76. The number of nitrogens with zero attached hydrogens (tertiary/aromatic N) is 1. The zero-order valence-corrected chi connectivity index (χ0v) is 22.3. The maximum atomic E-state index is 14.8.